The van der Waals surface area contributed by atoms with Gasteiger partial charge in [-0.05, 0) is 5.56 Å². The summed E-state index contributed by atoms with van der Waals surface area (Å²) in [6.07, 6.45) is 1.11. The van der Waals surface area contributed by atoms with Gasteiger partial charge in [0.25, 0.3) is 10.2 Å². The molecule has 2 heterocycles. The van der Waals surface area contributed by atoms with Crippen LogP contribution < -0.4 is 10.5 Å². The van der Waals surface area contributed by atoms with Gasteiger partial charge in [0, 0.05) is 38.5 Å². The third-order valence-electron chi connectivity index (χ3n) is 4.35. The Morgan fingerprint density at radius 1 is 1.17 bits per heavy atom. The molecule has 0 bridgehead atoms. The molecule has 1 spiro atoms. The summed E-state index contributed by atoms with van der Waals surface area (Å²) >= 11 is 0. The van der Waals surface area contributed by atoms with Crippen molar-refractivity contribution in [3.05, 3.63) is 35.9 Å². The molecule has 8 heteroatoms. The van der Waals surface area contributed by atoms with Gasteiger partial charge in [0.15, 0.2) is 5.79 Å². The lowest BCUT2D eigenvalue weighted by molar-refractivity contribution is -0.179. The predicted octanol–water partition coefficient (Wildman–Crippen LogP) is 0.360. The standard InChI is InChI=1S/C15H23N3O4S/c16-14(13-4-2-1-3-5-13)12-17-23(19,20)18-8-6-15(7-9-18)21-10-11-22-15/h1-5,14,17H,6-12,16H2. The van der Waals surface area contributed by atoms with Crippen LogP contribution >= 0.6 is 0 Å². The van der Waals surface area contributed by atoms with E-state index in [1.165, 1.54) is 4.31 Å². The molecular weight excluding hydrogens is 318 g/mol. The van der Waals surface area contributed by atoms with Crippen LogP contribution in [0.2, 0.25) is 0 Å². The zero-order valence-corrected chi connectivity index (χ0v) is 13.8. The van der Waals surface area contributed by atoms with Crippen LogP contribution in [0.3, 0.4) is 0 Å². The summed E-state index contributed by atoms with van der Waals surface area (Å²) in [5, 5.41) is 0. The number of nitrogens with two attached hydrogens (primary N) is 1. The van der Waals surface area contributed by atoms with Gasteiger partial charge in [-0.15, -0.1) is 0 Å². The van der Waals surface area contributed by atoms with E-state index in [2.05, 4.69) is 4.72 Å². The fourth-order valence-electron chi connectivity index (χ4n) is 2.96. The van der Waals surface area contributed by atoms with Gasteiger partial charge in [-0.2, -0.15) is 12.7 Å². The molecule has 1 atom stereocenters. The molecule has 128 valence electrons. The van der Waals surface area contributed by atoms with Gasteiger partial charge in [-0.1, -0.05) is 30.3 Å². The maximum Gasteiger partial charge on any atom is 0.279 e. The molecule has 1 unspecified atom stereocenters. The van der Waals surface area contributed by atoms with E-state index in [0.29, 0.717) is 39.1 Å². The number of hydrogen-bond donors (Lipinski definition) is 2. The van der Waals surface area contributed by atoms with Crippen LogP contribution in [0.1, 0.15) is 24.4 Å². The van der Waals surface area contributed by atoms with Crippen molar-refractivity contribution in [3.8, 4) is 0 Å². The molecule has 0 aliphatic carbocycles. The highest BCUT2D eigenvalue weighted by Crippen LogP contribution is 2.31. The molecule has 23 heavy (non-hydrogen) atoms. The smallest absolute Gasteiger partial charge is 0.279 e. The average molecular weight is 341 g/mol. The van der Waals surface area contributed by atoms with E-state index in [4.69, 9.17) is 15.2 Å². The van der Waals surface area contributed by atoms with Crippen LogP contribution in [0.5, 0.6) is 0 Å². The maximum atomic E-state index is 12.4. The molecule has 0 radical (unpaired) electrons. The number of ether oxygens (including phenoxy) is 2. The molecule has 1 aromatic rings. The van der Waals surface area contributed by atoms with Crippen molar-refractivity contribution in [1.82, 2.24) is 9.03 Å². The number of nitrogens with one attached hydrogen (secondary N) is 1. The molecule has 3 N–H and O–H groups in total. The van der Waals surface area contributed by atoms with Crippen molar-refractivity contribution in [3.63, 3.8) is 0 Å². The second kappa shape index (κ2) is 6.84. The lowest BCUT2D eigenvalue weighted by Crippen LogP contribution is -2.51. The van der Waals surface area contributed by atoms with Crippen LogP contribution in [0.4, 0.5) is 0 Å². The van der Waals surface area contributed by atoms with E-state index >= 15 is 0 Å². The third kappa shape index (κ3) is 3.90. The number of hydrogen-bond acceptors (Lipinski definition) is 5. The Labute approximate surface area is 136 Å². The molecule has 2 fully saturated rings. The second-order valence-corrected chi connectivity index (χ2v) is 7.63. The fraction of sp³-hybridized carbons (Fsp3) is 0.600. The number of rotatable bonds is 5. The minimum atomic E-state index is -3.54. The Kier molecular flexibility index (Phi) is 5.00. The number of benzene rings is 1. The summed E-state index contributed by atoms with van der Waals surface area (Å²) in [5.74, 6) is -0.577. The van der Waals surface area contributed by atoms with Gasteiger partial charge in [0.2, 0.25) is 0 Å². The van der Waals surface area contributed by atoms with Gasteiger partial charge < -0.3 is 15.2 Å². The molecule has 2 saturated heterocycles. The lowest BCUT2D eigenvalue weighted by atomic mass is 10.1. The molecule has 7 nitrogen and oxygen atoms in total. The molecular formula is C15H23N3O4S. The first-order valence-electron chi connectivity index (χ1n) is 7.84. The van der Waals surface area contributed by atoms with Crippen LogP contribution in [-0.2, 0) is 19.7 Å². The number of piperidine rings is 1. The summed E-state index contributed by atoms with van der Waals surface area (Å²) in [5.41, 5.74) is 6.94. The van der Waals surface area contributed by atoms with Crippen molar-refractivity contribution in [2.45, 2.75) is 24.7 Å². The van der Waals surface area contributed by atoms with Crippen molar-refractivity contribution >= 4 is 10.2 Å². The second-order valence-electron chi connectivity index (χ2n) is 5.88. The van der Waals surface area contributed by atoms with Crippen LogP contribution in [-0.4, -0.2) is 51.4 Å². The Bertz CT molecular complexity index is 607. The van der Waals surface area contributed by atoms with E-state index in [-0.39, 0.29) is 12.6 Å². The first-order chi connectivity index (χ1) is 11.0. The summed E-state index contributed by atoms with van der Waals surface area (Å²) < 4.78 is 40.1. The van der Waals surface area contributed by atoms with Gasteiger partial charge in [-0.25, -0.2) is 4.72 Å². The minimum Gasteiger partial charge on any atom is -0.347 e. The topological polar surface area (TPSA) is 93.9 Å². The molecule has 0 amide bonds. The average Bonchev–Trinajstić information content (AvgIpc) is 3.02. The SMILES string of the molecule is NC(CNS(=O)(=O)N1CCC2(CC1)OCCO2)c1ccccc1. The molecule has 3 rings (SSSR count). The Balaban J connectivity index is 1.53. The quantitative estimate of drug-likeness (QED) is 0.806. The zero-order chi connectivity index (χ0) is 16.3. The predicted molar refractivity (Wildman–Crippen MR) is 85.7 cm³/mol. The van der Waals surface area contributed by atoms with Gasteiger partial charge in [-0.3, -0.25) is 0 Å². The van der Waals surface area contributed by atoms with Gasteiger partial charge in [0.1, 0.15) is 0 Å². The van der Waals surface area contributed by atoms with E-state index < -0.39 is 16.0 Å². The van der Waals surface area contributed by atoms with Gasteiger partial charge >= 0.3 is 0 Å². The van der Waals surface area contributed by atoms with Crippen molar-refractivity contribution in [2.75, 3.05) is 32.8 Å². The van der Waals surface area contributed by atoms with Crippen LogP contribution in [0.25, 0.3) is 0 Å². The first kappa shape index (κ1) is 16.8. The normalized spacial score (nSPS) is 23.2. The van der Waals surface area contributed by atoms with Crippen molar-refractivity contribution in [2.24, 2.45) is 5.73 Å². The van der Waals surface area contributed by atoms with Gasteiger partial charge in [0.05, 0.1) is 13.2 Å². The Morgan fingerprint density at radius 2 is 1.78 bits per heavy atom. The third-order valence-corrected chi connectivity index (χ3v) is 5.93. The van der Waals surface area contributed by atoms with E-state index in [1.807, 2.05) is 30.3 Å². The molecule has 2 aliphatic heterocycles. The highest BCUT2D eigenvalue weighted by Gasteiger charge is 2.42. The number of nitrogens with zero attached hydrogens (tertiary/aromatic N) is 1. The van der Waals surface area contributed by atoms with Crippen molar-refractivity contribution in [1.29, 1.82) is 0 Å². The summed E-state index contributed by atoms with van der Waals surface area (Å²) in [6.45, 7) is 2.10. The van der Waals surface area contributed by atoms with E-state index in [1.54, 1.807) is 0 Å². The largest absolute Gasteiger partial charge is 0.347 e. The van der Waals surface area contributed by atoms with E-state index in [0.717, 1.165) is 5.56 Å². The fourth-order valence-corrected chi connectivity index (χ4v) is 4.19. The zero-order valence-electron chi connectivity index (χ0n) is 13.0. The summed E-state index contributed by atoms with van der Waals surface area (Å²) in [6, 6.07) is 9.07. The van der Waals surface area contributed by atoms with E-state index in [9.17, 15) is 8.42 Å². The lowest BCUT2D eigenvalue weighted by Gasteiger charge is -2.36. The molecule has 2 aliphatic rings. The van der Waals surface area contributed by atoms with Crippen LogP contribution in [0.15, 0.2) is 30.3 Å². The monoisotopic (exact) mass is 341 g/mol. The summed E-state index contributed by atoms with van der Waals surface area (Å²) in [7, 11) is -3.54. The van der Waals surface area contributed by atoms with Crippen LogP contribution in [0, 0.1) is 0 Å². The molecule has 0 saturated carbocycles. The van der Waals surface area contributed by atoms with Crippen molar-refractivity contribution < 1.29 is 17.9 Å². The highest BCUT2D eigenvalue weighted by atomic mass is 32.2. The summed E-state index contributed by atoms with van der Waals surface area (Å²) in [4.78, 5) is 0. The Morgan fingerprint density at radius 3 is 2.39 bits per heavy atom. The first-order valence-corrected chi connectivity index (χ1v) is 9.28. The minimum absolute atomic E-state index is 0.168. The Hall–Kier alpha value is -1.03. The molecule has 0 aromatic heterocycles. The maximum absolute atomic E-state index is 12.4. The highest BCUT2D eigenvalue weighted by molar-refractivity contribution is 7.87. The molecule has 1 aromatic carbocycles.